The standard InChI is InChI=1S/C31H39N5O2S/c1-35(30-14-5-8-23-10-7-17-32-31(23)30)22-26-20-28-24(21-33-26)9-6-13-29(28)36-18-15-25(16-19-36)34-39(37,38)27-11-3-2-4-12-27/h2-4,6-7,9-13,17,25-26,30,33-34H,5,8,14-16,18-22H2,1H3/t26-,30+/m1/s1. The third-order valence-corrected chi connectivity index (χ3v) is 10.2. The van der Waals surface area contributed by atoms with E-state index in [2.05, 4.69) is 57.2 Å². The molecule has 1 aromatic heterocycles. The van der Waals surface area contributed by atoms with Crippen molar-refractivity contribution in [3.05, 3.63) is 89.2 Å². The van der Waals surface area contributed by atoms with E-state index in [1.54, 1.807) is 24.3 Å². The van der Waals surface area contributed by atoms with E-state index in [-0.39, 0.29) is 6.04 Å². The molecule has 1 aliphatic carbocycles. The lowest BCUT2D eigenvalue weighted by atomic mass is 9.89. The van der Waals surface area contributed by atoms with Crippen molar-refractivity contribution in [2.45, 2.75) is 68.1 Å². The third-order valence-electron chi connectivity index (χ3n) is 8.70. The molecular formula is C31H39N5O2S. The molecule has 0 radical (unpaired) electrons. The molecule has 2 aromatic carbocycles. The second-order valence-corrected chi connectivity index (χ2v) is 13.0. The summed E-state index contributed by atoms with van der Waals surface area (Å²) in [6.45, 7) is 3.56. The van der Waals surface area contributed by atoms with Crippen LogP contribution < -0.4 is 14.9 Å². The van der Waals surface area contributed by atoms with Crippen LogP contribution in [0.1, 0.15) is 54.1 Å². The normalized spacial score (nSPS) is 21.9. The summed E-state index contributed by atoms with van der Waals surface area (Å²) in [5, 5.41) is 3.79. The van der Waals surface area contributed by atoms with Gasteiger partial charge in [-0.3, -0.25) is 9.88 Å². The molecule has 0 amide bonds. The summed E-state index contributed by atoms with van der Waals surface area (Å²) in [5.74, 6) is 0. The van der Waals surface area contributed by atoms with E-state index in [1.165, 1.54) is 34.5 Å². The van der Waals surface area contributed by atoms with Crippen LogP contribution in [0.4, 0.5) is 5.69 Å². The molecule has 2 aliphatic heterocycles. The Labute approximate surface area is 232 Å². The van der Waals surface area contributed by atoms with Crippen LogP contribution in [0.2, 0.25) is 0 Å². The van der Waals surface area contributed by atoms with Gasteiger partial charge in [-0.05, 0) is 86.5 Å². The second-order valence-electron chi connectivity index (χ2n) is 11.3. The molecule has 6 rings (SSSR count). The molecule has 2 atom stereocenters. The number of aromatic nitrogens is 1. The van der Waals surface area contributed by atoms with E-state index >= 15 is 0 Å². The maximum atomic E-state index is 12.8. The van der Waals surface area contributed by atoms with E-state index in [1.807, 2.05) is 12.3 Å². The fourth-order valence-corrected chi connectivity index (χ4v) is 7.96. The van der Waals surface area contributed by atoms with Crippen molar-refractivity contribution in [3.8, 4) is 0 Å². The van der Waals surface area contributed by atoms with Gasteiger partial charge in [-0.25, -0.2) is 13.1 Å². The third kappa shape index (κ3) is 5.75. The van der Waals surface area contributed by atoms with Crippen LogP contribution in [-0.2, 0) is 29.4 Å². The summed E-state index contributed by atoms with van der Waals surface area (Å²) in [7, 11) is -1.24. The Morgan fingerprint density at radius 1 is 1.00 bits per heavy atom. The zero-order valence-electron chi connectivity index (χ0n) is 22.7. The summed E-state index contributed by atoms with van der Waals surface area (Å²) in [6.07, 6.45) is 8.05. The highest BCUT2D eigenvalue weighted by atomic mass is 32.2. The molecule has 1 saturated heterocycles. The zero-order chi connectivity index (χ0) is 26.8. The number of fused-ring (bicyclic) bond motifs is 2. The highest BCUT2D eigenvalue weighted by molar-refractivity contribution is 7.89. The van der Waals surface area contributed by atoms with Crippen LogP contribution in [0.5, 0.6) is 0 Å². The molecule has 0 bridgehead atoms. The lowest BCUT2D eigenvalue weighted by molar-refractivity contribution is 0.191. The topological polar surface area (TPSA) is 77.6 Å². The van der Waals surface area contributed by atoms with Crippen LogP contribution in [0.25, 0.3) is 0 Å². The van der Waals surface area contributed by atoms with Crippen molar-refractivity contribution in [2.24, 2.45) is 0 Å². The minimum absolute atomic E-state index is 0.0407. The van der Waals surface area contributed by atoms with Gasteiger partial charge in [-0.1, -0.05) is 36.4 Å². The monoisotopic (exact) mass is 545 g/mol. The van der Waals surface area contributed by atoms with Crippen molar-refractivity contribution >= 4 is 15.7 Å². The number of piperidine rings is 1. The van der Waals surface area contributed by atoms with Gasteiger partial charge in [0.1, 0.15) is 0 Å². The van der Waals surface area contributed by atoms with Crippen LogP contribution in [0.15, 0.2) is 71.8 Å². The van der Waals surface area contributed by atoms with Crippen molar-refractivity contribution < 1.29 is 8.42 Å². The number of anilines is 1. The molecule has 8 heteroatoms. The SMILES string of the molecule is CN(C[C@H]1Cc2c(cccc2N2CCC(NS(=O)(=O)c3ccccc3)CC2)CN1)[C@H]1CCCc2cccnc21. The Morgan fingerprint density at radius 3 is 2.62 bits per heavy atom. The van der Waals surface area contributed by atoms with Crippen molar-refractivity contribution in [2.75, 3.05) is 31.6 Å². The van der Waals surface area contributed by atoms with Gasteiger partial charge < -0.3 is 10.2 Å². The highest BCUT2D eigenvalue weighted by Crippen LogP contribution is 2.34. The predicted molar refractivity (Wildman–Crippen MR) is 155 cm³/mol. The maximum Gasteiger partial charge on any atom is 0.240 e. The first kappa shape index (κ1) is 26.4. The number of nitrogens with zero attached hydrogens (tertiary/aromatic N) is 3. The molecule has 3 aliphatic rings. The number of benzene rings is 2. The van der Waals surface area contributed by atoms with Gasteiger partial charge in [0, 0.05) is 50.1 Å². The van der Waals surface area contributed by atoms with E-state index in [0.29, 0.717) is 17.0 Å². The molecule has 0 saturated carbocycles. The van der Waals surface area contributed by atoms with Gasteiger partial charge in [0.2, 0.25) is 10.0 Å². The highest BCUT2D eigenvalue weighted by Gasteiger charge is 2.30. The van der Waals surface area contributed by atoms with Crippen molar-refractivity contribution in [3.63, 3.8) is 0 Å². The van der Waals surface area contributed by atoms with Gasteiger partial charge >= 0.3 is 0 Å². The van der Waals surface area contributed by atoms with Gasteiger partial charge in [0.05, 0.1) is 16.6 Å². The number of nitrogens with one attached hydrogen (secondary N) is 2. The summed E-state index contributed by atoms with van der Waals surface area (Å²) >= 11 is 0. The van der Waals surface area contributed by atoms with Gasteiger partial charge in [-0.2, -0.15) is 0 Å². The summed E-state index contributed by atoms with van der Waals surface area (Å²) in [5.41, 5.74) is 6.80. The summed E-state index contributed by atoms with van der Waals surface area (Å²) < 4.78 is 28.6. The Kier molecular flexibility index (Phi) is 7.71. The zero-order valence-corrected chi connectivity index (χ0v) is 23.5. The number of likely N-dealkylation sites (N-methyl/N-ethyl adjacent to an activating group) is 1. The fourth-order valence-electron chi connectivity index (χ4n) is 6.63. The second kappa shape index (κ2) is 11.4. The lowest BCUT2D eigenvalue weighted by Gasteiger charge is -2.39. The molecular weight excluding hydrogens is 506 g/mol. The molecule has 3 heterocycles. The Hall–Kier alpha value is -2.78. The molecule has 0 spiro atoms. The predicted octanol–water partition coefficient (Wildman–Crippen LogP) is 4.05. The molecule has 3 aromatic rings. The first-order chi connectivity index (χ1) is 19.0. The minimum Gasteiger partial charge on any atom is -0.371 e. The van der Waals surface area contributed by atoms with Crippen molar-refractivity contribution in [1.29, 1.82) is 0 Å². The molecule has 39 heavy (non-hydrogen) atoms. The van der Waals surface area contributed by atoms with Crippen molar-refractivity contribution in [1.82, 2.24) is 19.9 Å². The Balaban J connectivity index is 1.10. The largest absolute Gasteiger partial charge is 0.371 e. The van der Waals surface area contributed by atoms with E-state index < -0.39 is 10.0 Å². The smallest absolute Gasteiger partial charge is 0.240 e. The van der Waals surface area contributed by atoms with Crippen LogP contribution >= 0.6 is 0 Å². The number of rotatable bonds is 7. The molecule has 206 valence electrons. The molecule has 7 nitrogen and oxygen atoms in total. The number of pyridine rings is 1. The Morgan fingerprint density at radius 2 is 1.79 bits per heavy atom. The molecule has 0 unspecified atom stereocenters. The van der Waals surface area contributed by atoms with E-state index in [9.17, 15) is 8.42 Å². The quantitative estimate of drug-likeness (QED) is 0.467. The van der Waals surface area contributed by atoms with Crippen LogP contribution in [0, 0.1) is 0 Å². The van der Waals surface area contributed by atoms with Gasteiger partial charge in [0.25, 0.3) is 0 Å². The summed E-state index contributed by atoms with van der Waals surface area (Å²) in [4.78, 5) is 10.1. The number of hydrogen-bond donors (Lipinski definition) is 2. The molecule has 2 N–H and O–H groups in total. The van der Waals surface area contributed by atoms with Gasteiger partial charge in [0.15, 0.2) is 0 Å². The summed E-state index contributed by atoms with van der Waals surface area (Å²) in [6, 6.07) is 20.3. The number of hydrogen-bond acceptors (Lipinski definition) is 6. The number of aryl methyl sites for hydroxylation is 1. The Bertz CT molecular complexity index is 1390. The van der Waals surface area contributed by atoms with Crippen LogP contribution in [-0.4, -0.2) is 57.1 Å². The first-order valence-electron chi connectivity index (χ1n) is 14.3. The average Bonchev–Trinajstić information content (AvgIpc) is 2.97. The van der Waals surface area contributed by atoms with Gasteiger partial charge in [-0.15, -0.1) is 0 Å². The van der Waals surface area contributed by atoms with E-state index in [0.717, 1.165) is 58.3 Å². The number of sulfonamides is 1. The first-order valence-corrected chi connectivity index (χ1v) is 15.8. The minimum atomic E-state index is -3.49. The van der Waals surface area contributed by atoms with E-state index in [4.69, 9.17) is 4.98 Å². The average molecular weight is 546 g/mol. The maximum absolute atomic E-state index is 12.8. The van der Waals surface area contributed by atoms with Crippen LogP contribution in [0.3, 0.4) is 0 Å². The fraction of sp³-hybridized carbons (Fsp3) is 0.452. The lowest BCUT2D eigenvalue weighted by Crippen LogP contribution is -2.47. The molecule has 1 fully saturated rings.